The van der Waals surface area contributed by atoms with Crippen molar-refractivity contribution in [3.05, 3.63) is 76.0 Å². The molecule has 3 aromatic rings. The molecule has 1 aromatic heterocycles. The highest BCUT2D eigenvalue weighted by Crippen LogP contribution is 2.20. The van der Waals surface area contributed by atoms with Crippen LogP contribution in [-0.2, 0) is 16.6 Å². The second kappa shape index (κ2) is 7.99. The van der Waals surface area contributed by atoms with Gasteiger partial charge in [-0.1, -0.05) is 30.3 Å². The number of ether oxygens (including phenoxy) is 1. The van der Waals surface area contributed by atoms with Crippen LogP contribution in [0.1, 0.15) is 28.5 Å². The number of nitrogens with one attached hydrogen (secondary N) is 1. The Hall–Kier alpha value is -3.55. The second-order valence-electron chi connectivity index (χ2n) is 6.18. The van der Waals surface area contributed by atoms with Gasteiger partial charge in [-0.05, 0) is 23.8 Å². The number of fused-ring (bicyclic) bond motifs is 1. The van der Waals surface area contributed by atoms with Crippen molar-refractivity contribution in [3.8, 4) is 0 Å². The molecule has 0 unspecified atom stereocenters. The van der Waals surface area contributed by atoms with Gasteiger partial charge in [0.25, 0.3) is 11.5 Å². The Bertz CT molecular complexity index is 1090. The molecule has 0 radical (unpaired) electrons. The Labute approximate surface area is 159 Å². The molecule has 8 heteroatoms. The minimum absolute atomic E-state index is 0.0506. The Morgan fingerprint density at radius 3 is 2.43 bits per heavy atom. The number of nitrogens with zero attached hydrogens (tertiary/aromatic N) is 2. The van der Waals surface area contributed by atoms with E-state index < -0.39 is 23.7 Å². The molecule has 0 aliphatic heterocycles. The van der Waals surface area contributed by atoms with Gasteiger partial charge in [-0.2, -0.15) is 5.10 Å². The first-order valence-electron chi connectivity index (χ1n) is 8.50. The fraction of sp³-hybridized carbons (Fsp3) is 0.200. The summed E-state index contributed by atoms with van der Waals surface area (Å²) in [5, 5.41) is 7.57. The number of carbonyl (C=O) groups is 2. The summed E-state index contributed by atoms with van der Waals surface area (Å²) in [4.78, 5) is 36.9. The van der Waals surface area contributed by atoms with Gasteiger partial charge < -0.3 is 10.1 Å². The minimum atomic E-state index is -0.752. The van der Waals surface area contributed by atoms with Crippen molar-refractivity contribution in [2.45, 2.75) is 12.5 Å². The average Bonchev–Trinajstić information content (AvgIpc) is 2.70. The SMILES string of the molecule is COC(=O)C[C@H](NC(=O)c1nn(C)c(=O)c2ccccc12)c1ccc(F)cc1. The van der Waals surface area contributed by atoms with Crippen LogP contribution in [0.2, 0.25) is 0 Å². The van der Waals surface area contributed by atoms with E-state index in [-0.39, 0.29) is 17.7 Å². The molecule has 0 saturated heterocycles. The van der Waals surface area contributed by atoms with Crippen molar-refractivity contribution in [2.24, 2.45) is 7.05 Å². The first kappa shape index (κ1) is 19.2. The summed E-state index contributed by atoms with van der Waals surface area (Å²) < 4.78 is 19.0. The van der Waals surface area contributed by atoms with E-state index in [0.717, 1.165) is 4.68 Å². The van der Waals surface area contributed by atoms with E-state index in [9.17, 15) is 18.8 Å². The Balaban J connectivity index is 1.99. The summed E-state index contributed by atoms with van der Waals surface area (Å²) >= 11 is 0. The van der Waals surface area contributed by atoms with Gasteiger partial charge in [-0.3, -0.25) is 14.4 Å². The number of esters is 1. The average molecular weight is 383 g/mol. The van der Waals surface area contributed by atoms with Gasteiger partial charge in [0.1, 0.15) is 5.82 Å². The molecule has 144 valence electrons. The number of rotatable bonds is 5. The van der Waals surface area contributed by atoms with Gasteiger partial charge in [-0.25, -0.2) is 9.07 Å². The lowest BCUT2D eigenvalue weighted by molar-refractivity contribution is -0.141. The van der Waals surface area contributed by atoms with E-state index in [0.29, 0.717) is 16.3 Å². The zero-order chi connectivity index (χ0) is 20.3. The molecule has 0 fully saturated rings. The van der Waals surface area contributed by atoms with Crippen LogP contribution in [0.4, 0.5) is 4.39 Å². The third kappa shape index (κ3) is 3.90. The van der Waals surface area contributed by atoms with Crippen molar-refractivity contribution in [2.75, 3.05) is 7.11 Å². The number of aryl methyl sites for hydroxylation is 1. The molecule has 2 aromatic carbocycles. The lowest BCUT2D eigenvalue weighted by Gasteiger charge is -2.18. The summed E-state index contributed by atoms with van der Waals surface area (Å²) in [6, 6.07) is 11.3. The molecule has 0 aliphatic carbocycles. The van der Waals surface area contributed by atoms with Gasteiger partial charge in [0, 0.05) is 12.4 Å². The standard InChI is InChI=1S/C20H18FN3O4/c1-24-20(27)15-6-4-3-5-14(15)18(23-24)19(26)22-16(11-17(25)28-2)12-7-9-13(21)10-8-12/h3-10,16H,11H2,1-2H3,(H,22,26)/t16-/m0/s1. The summed E-state index contributed by atoms with van der Waals surface area (Å²) in [6.07, 6.45) is -0.141. The fourth-order valence-corrected chi connectivity index (χ4v) is 2.89. The number of halogens is 1. The third-order valence-corrected chi connectivity index (χ3v) is 4.35. The van der Waals surface area contributed by atoms with Crippen LogP contribution < -0.4 is 10.9 Å². The van der Waals surface area contributed by atoms with Crippen LogP contribution in [0.15, 0.2) is 53.3 Å². The predicted molar refractivity (Wildman–Crippen MR) is 100 cm³/mol. The van der Waals surface area contributed by atoms with Crippen LogP contribution in [0.25, 0.3) is 10.8 Å². The smallest absolute Gasteiger partial charge is 0.307 e. The van der Waals surface area contributed by atoms with Crippen molar-refractivity contribution in [1.29, 1.82) is 0 Å². The molecule has 7 nitrogen and oxygen atoms in total. The van der Waals surface area contributed by atoms with Crippen LogP contribution >= 0.6 is 0 Å². The highest BCUT2D eigenvalue weighted by molar-refractivity contribution is 6.05. The predicted octanol–water partition coefficient (Wildman–Crippen LogP) is 2.11. The normalized spacial score (nSPS) is 11.8. The quantitative estimate of drug-likeness (QED) is 0.682. The lowest BCUT2D eigenvalue weighted by Crippen LogP contribution is -2.33. The molecule has 1 heterocycles. The van der Waals surface area contributed by atoms with E-state index in [2.05, 4.69) is 10.4 Å². The molecule has 0 aliphatic rings. The third-order valence-electron chi connectivity index (χ3n) is 4.35. The Kier molecular flexibility index (Phi) is 5.49. The van der Waals surface area contributed by atoms with Crippen molar-refractivity contribution in [3.63, 3.8) is 0 Å². The Morgan fingerprint density at radius 2 is 1.79 bits per heavy atom. The minimum Gasteiger partial charge on any atom is -0.469 e. The monoisotopic (exact) mass is 383 g/mol. The molecule has 1 amide bonds. The van der Waals surface area contributed by atoms with Gasteiger partial charge in [-0.15, -0.1) is 0 Å². The van der Waals surface area contributed by atoms with Crippen LogP contribution in [-0.4, -0.2) is 28.8 Å². The molecule has 0 bridgehead atoms. The zero-order valence-corrected chi connectivity index (χ0v) is 15.3. The van der Waals surface area contributed by atoms with Crippen molar-refractivity contribution in [1.82, 2.24) is 15.1 Å². The van der Waals surface area contributed by atoms with Crippen LogP contribution in [0.5, 0.6) is 0 Å². The fourth-order valence-electron chi connectivity index (χ4n) is 2.89. The van der Waals surface area contributed by atoms with Gasteiger partial charge in [0.05, 0.1) is 25.0 Å². The van der Waals surface area contributed by atoms with Crippen LogP contribution in [0.3, 0.4) is 0 Å². The second-order valence-corrected chi connectivity index (χ2v) is 6.18. The summed E-state index contributed by atoms with van der Waals surface area (Å²) in [5.41, 5.74) is 0.265. The summed E-state index contributed by atoms with van der Waals surface area (Å²) in [7, 11) is 2.70. The molecule has 28 heavy (non-hydrogen) atoms. The van der Waals surface area contributed by atoms with Crippen LogP contribution in [0, 0.1) is 5.82 Å². The number of hydrogen-bond donors (Lipinski definition) is 1. The van der Waals surface area contributed by atoms with E-state index in [1.54, 1.807) is 24.3 Å². The maximum atomic E-state index is 13.2. The molecular weight excluding hydrogens is 365 g/mol. The van der Waals surface area contributed by atoms with Gasteiger partial charge in [0.2, 0.25) is 0 Å². The highest BCUT2D eigenvalue weighted by atomic mass is 19.1. The maximum absolute atomic E-state index is 13.2. The lowest BCUT2D eigenvalue weighted by atomic mass is 10.0. The van der Waals surface area contributed by atoms with Crippen molar-refractivity contribution >= 4 is 22.6 Å². The van der Waals surface area contributed by atoms with Gasteiger partial charge >= 0.3 is 5.97 Å². The highest BCUT2D eigenvalue weighted by Gasteiger charge is 2.22. The largest absolute Gasteiger partial charge is 0.469 e. The molecule has 0 saturated carbocycles. The van der Waals surface area contributed by atoms with E-state index in [1.807, 2.05) is 0 Å². The molecule has 1 atom stereocenters. The number of amides is 1. The van der Waals surface area contributed by atoms with E-state index in [1.165, 1.54) is 38.4 Å². The van der Waals surface area contributed by atoms with E-state index >= 15 is 0 Å². The number of benzene rings is 2. The van der Waals surface area contributed by atoms with Crippen molar-refractivity contribution < 1.29 is 18.7 Å². The molecule has 3 rings (SSSR count). The molecule has 1 N–H and O–H groups in total. The van der Waals surface area contributed by atoms with Gasteiger partial charge in [0.15, 0.2) is 5.69 Å². The van der Waals surface area contributed by atoms with E-state index in [4.69, 9.17) is 4.74 Å². The molecular formula is C20H18FN3O4. The number of methoxy groups -OCH3 is 1. The Morgan fingerprint density at radius 1 is 1.14 bits per heavy atom. The number of hydrogen-bond acceptors (Lipinski definition) is 5. The summed E-state index contributed by atoms with van der Waals surface area (Å²) in [6.45, 7) is 0. The first-order chi connectivity index (χ1) is 13.4. The number of aromatic nitrogens is 2. The maximum Gasteiger partial charge on any atom is 0.307 e. The zero-order valence-electron chi connectivity index (χ0n) is 15.3. The summed E-state index contributed by atoms with van der Waals surface area (Å²) in [5.74, 6) is -1.53. The first-order valence-corrected chi connectivity index (χ1v) is 8.50. The topological polar surface area (TPSA) is 90.3 Å². The molecule has 0 spiro atoms. The number of carbonyl (C=O) groups excluding carboxylic acids is 2.